The summed E-state index contributed by atoms with van der Waals surface area (Å²) in [5.41, 5.74) is 7.49. The Morgan fingerprint density at radius 3 is 2.43 bits per heavy atom. The van der Waals surface area contributed by atoms with Gasteiger partial charge in [-0.25, -0.2) is 0 Å². The van der Waals surface area contributed by atoms with Gasteiger partial charge in [0.15, 0.2) is 0 Å². The first-order valence-electron chi connectivity index (χ1n) is 6.46. The van der Waals surface area contributed by atoms with Gasteiger partial charge in [-0.15, -0.1) is 0 Å². The summed E-state index contributed by atoms with van der Waals surface area (Å²) in [5.74, 6) is 0.503. The minimum atomic E-state index is -0.131. The highest BCUT2D eigenvalue weighted by atomic mass is 16.5. The largest absolute Gasteiger partial charge is 0.493 e. The van der Waals surface area contributed by atoms with E-state index in [9.17, 15) is 4.79 Å². The molecule has 0 unspecified atom stereocenters. The second-order valence-electron chi connectivity index (χ2n) is 4.40. The molecule has 0 aliphatic heterocycles. The van der Waals surface area contributed by atoms with Crippen LogP contribution >= 0.6 is 0 Å². The van der Waals surface area contributed by atoms with Crippen molar-refractivity contribution in [3.63, 3.8) is 0 Å². The van der Waals surface area contributed by atoms with E-state index in [0.717, 1.165) is 0 Å². The maximum absolute atomic E-state index is 11.7. The highest BCUT2D eigenvalue weighted by Gasteiger charge is 2.03. The van der Waals surface area contributed by atoms with Gasteiger partial charge in [-0.2, -0.15) is 5.26 Å². The van der Waals surface area contributed by atoms with E-state index in [-0.39, 0.29) is 18.9 Å². The van der Waals surface area contributed by atoms with Crippen LogP contribution < -0.4 is 15.8 Å². The van der Waals surface area contributed by atoms with Crippen molar-refractivity contribution in [3.05, 3.63) is 54.1 Å². The summed E-state index contributed by atoms with van der Waals surface area (Å²) in [5, 5.41) is 11.4. The van der Waals surface area contributed by atoms with Crippen LogP contribution in [0.2, 0.25) is 0 Å². The molecule has 106 valence electrons. The molecule has 0 bridgehead atoms. The SMILES string of the molecule is N#Cc1ccc(OCCC(=O)Nc2ccc(N)cc2)cc1. The van der Waals surface area contributed by atoms with Crippen LogP contribution in [0.4, 0.5) is 11.4 Å². The maximum Gasteiger partial charge on any atom is 0.227 e. The van der Waals surface area contributed by atoms with Crippen molar-refractivity contribution < 1.29 is 9.53 Å². The minimum Gasteiger partial charge on any atom is -0.493 e. The molecule has 5 nitrogen and oxygen atoms in total. The van der Waals surface area contributed by atoms with Crippen molar-refractivity contribution in [2.45, 2.75) is 6.42 Å². The number of amides is 1. The van der Waals surface area contributed by atoms with E-state index in [1.807, 2.05) is 6.07 Å². The van der Waals surface area contributed by atoms with Crippen LogP contribution in [0.1, 0.15) is 12.0 Å². The van der Waals surface area contributed by atoms with Crippen molar-refractivity contribution in [1.82, 2.24) is 0 Å². The maximum atomic E-state index is 11.7. The second-order valence-corrected chi connectivity index (χ2v) is 4.40. The minimum absolute atomic E-state index is 0.131. The van der Waals surface area contributed by atoms with Crippen LogP contribution in [-0.2, 0) is 4.79 Å². The highest BCUT2D eigenvalue weighted by Crippen LogP contribution is 2.13. The Morgan fingerprint density at radius 1 is 1.14 bits per heavy atom. The lowest BCUT2D eigenvalue weighted by molar-refractivity contribution is -0.116. The molecule has 0 saturated heterocycles. The number of carbonyl (C=O) groups is 1. The molecule has 0 radical (unpaired) electrons. The molecule has 0 fully saturated rings. The summed E-state index contributed by atoms with van der Waals surface area (Å²) in [6.45, 7) is 0.271. The van der Waals surface area contributed by atoms with Gasteiger partial charge in [0.2, 0.25) is 5.91 Å². The van der Waals surface area contributed by atoms with Gasteiger partial charge in [0, 0.05) is 11.4 Å². The zero-order valence-electron chi connectivity index (χ0n) is 11.4. The van der Waals surface area contributed by atoms with E-state index in [2.05, 4.69) is 5.32 Å². The van der Waals surface area contributed by atoms with Crippen molar-refractivity contribution in [2.75, 3.05) is 17.7 Å². The number of ether oxygens (including phenoxy) is 1. The van der Waals surface area contributed by atoms with E-state index >= 15 is 0 Å². The van der Waals surface area contributed by atoms with Crippen LogP contribution in [-0.4, -0.2) is 12.5 Å². The topological polar surface area (TPSA) is 88.1 Å². The number of nitrogens with one attached hydrogen (secondary N) is 1. The third-order valence-corrected chi connectivity index (χ3v) is 2.78. The number of nitrogens with two attached hydrogens (primary N) is 1. The monoisotopic (exact) mass is 281 g/mol. The van der Waals surface area contributed by atoms with Crippen LogP contribution in [0.15, 0.2) is 48.5 Å². The molecule has 2 aromatic carbocycles. The first-order valence-corrected chi connectivity index (χ1v) is 6.46. The molecule has 21 heavy (non-hydrogen) atoms. The Bertz CT molecular complexity index is 643. The van der Waals surface area contributed by atoms with E-state index in [4.69, 9.17) is 15.7 Å². The predicted molar refractivity (Wildman–Crippen MR) is 80.8 cm³/mol. The number of nitrogen functional groups attached to an aromatic ring is 1. The standard InChI is InChI=1S/C16H15N3O2/c17-11-12-1-7-15(8-2-12)21-10-9-16(20)19-14-5-3-13(18)4-6-14/h1-8H,9-10,18H2,(H,19,20). The van der Waals surface area contributed by atoms with Gasteiger partial charge in [0.25, 0.3) is 0 Å². The Morgan fingerprint density at radius 2 is 1.81 bits per heavy atom. The molecule has 0 saturated carbocycles. The fourth-order valence-electron chi connectivity index (χ4n) is 1.68. The van der Waals surface area contributed by atoms with Crippen molar-refractivity contribution >= 4 is 17.3 Å². The summed E-state index contributed by atoms with van der Waals surface area (Å²) in [6, 6.07) is 15.7. The van der Waals surface area contributed by atoms with Gasteiger partial charge in [0.1, 0.15) is 5.75 Å². The number of hydrogen-bond acceptors (Lipinski definition) is 4. The first kappa shape index (κ1) is 14.4. The van der Waals surface area contributed by atoms with Gasteiger partial charge in [0.05, 0.1) is 24.7 Å². The van der Waals surface area contributed by atoms with Crippen molar-refractivity contribution in [3.8, 4) is 11.8 Å². The molecule has 0 atom stereocenters. The van der Waals surface area contributed by atoms with Gasteiger partial charge >= 0.3 is 0 Å². The summed E-state index contributed by atoms with van der Waals surface area (Å²) >= 11 is 0. The predicted octanol–water partition coefficient (Wildman–Crippen LogP) is 2.55. The van der Waals surface area contributed by atoms with Crippen molar-refractivity contribution in [2.24, 2.45) is 0 Å². The number of carbonyl (C=O) groups excluding carboxylic acids is 1. The molecule has 0 aliphatic rings. The smallest absolute Gasteiger partial charge is 0.227 e. The number of nitrogens with zero attached hydrogens (tertiary/aromatic N) is 1. The normalized spacial score (nSPS) is 9.67. The number of nitriles is 1. The molecular weight excluding hydrogens is 266 g/mol. The zero-order chi connectivity index (χ0) is 15.1. The van der Waals surface area contributed by atoms with Crippen LogP contribution in [0, 0.1) is 11.3 Å². The Kier molecular flexibility index (Phi) is 4.78. The quantitative estimate of drug-likeness (QED) is 0.824. The number of benzene rings is 2. The van der Waals surface area contributed by atoms with Gasteiger partial charge < -0.3 is 15.8 Å². The van der Waals surface area contributed by atoms with Crippen molar-refractivity contribution in [1.29, 1.82) is 5.26 Å². The Labute approximate surface area is 123 Å². The molecule has 3 N–H and O–H groups in total. The van der Waals surface area contributed by atoms with E-state index in [1.54, 1.807) is 48.5 Å². The van der Waals surface area contributed by atoms with E-state index in [1.165, 1.54) is 0 Å². The fourth-order valence-corrected chi connectivity index (χ4v) is 1.68. The Hall–Kier alpha value is -3.00. The molecule has 0 spiro atoms. The summed E-state index contributed by atoms with van der Waals surface area (Å²) in [7, 11) is 0. The molecule has 1 amide bonds. The zero-order valence-corrected chi connectivity index (χ0v) is 11.4. The summed E-state index contributed by atoms with van der Waals surface area (Å²) in [4.78, 5) is 11.7. The second kappa shape index (κ2) is 6.96. The lowest BCUT2D eigenvalue weighted by Crippen LogP contribution is -2.15. The molecule has 5 heteroatoms. The number of hydrogen-bond donors (Lipinski definition) is 2. The van der Waals surface area contributed by atoms with Crippen LogP contribution in [0.5, 0.6) is 5.75 Å². The fraction of sp³-hybridized carbons (Fsp3) is 0.125. The molecular formula is C16H15N3O2. The highest BCUT2D eigenvalue weighted by molar-refractivity contribution is 5.90. The lowest BCUT2D eigenvalue weighted by atomic mass is 10.2. The third-order valence-electron chi connectivity index (χ3n) is 2.78. The molecule has 2 rings (SSSR count). The molecule has 2 aromatic rings. The average molecular weight is 281 g/mol. The van der Waals surface area contributed by atoms with Gasteiger partial charge in [-0.05, 0) is 48.5 Å². The molecule has 0 aliphatic carbocycles. The van der Waals surface area contributed by atoms with Gasteiger partial charge in [-0.1, -0.05) is 0 Å². The van der Waals surface area contributed by atoms with E-state index < -0.39 is 0 Å². The first-order chi connectivity index (χ1) is 10.2. The van der Waals surface area contributed by atoms with Crippen LogP contribution in [0.3, 0.4) is 0 Å². The molecule has 0 aromatic heterocycles. The summed E-state index contributed by atoms with van der Waals surface area (Å²) < 4.78 is 5.44. The van der Waals surface area contributed by atoms with E-state index in [0.29, 0.717) is 22.7 Å². The number of anilines is 2. The average Bonchev–Trinajstić information content (AvgIpc) is 2.50. The number of rotatable bonds is 5. The summed E-state index contributed by atoms with van der Waals surface area (Å²) in [6.07, 6.45) is 0.240. The lowest BCUT2D eigenvalue weighted by Gasteiger charge is -2.07. The molecule has 0 heterocycles. The third kappa shape index (κ3) is 4.55. The van der Waals surface area contributed by atoms with Crippen LogP contribution in [0.25, 0.3) is 0 Å². The van der Waals surface area contributed by atoms with Gasteiger partial charge in [-0.3, -0.25) is 4.79 Å². The Balaban J connectivity index is 1.76.